The summed E-state index contributed by atoms with van der Waals surface area (Å²) in [6.07, 6.45) is 0. The number of hydrogen-bond acceptors (Lipinski definition) is 6. The molecule has 118 valence electrons. The van der Waals surface area contributed by atoms with Crippen molar-refractivity contribution in [3.05, 3.63) is 15.4 Å². The molecule has 0 bridgehead atoms. The molecule has 6 nitrogen and oxygen atoms in total. The van der Waals surface area contributed by atoms with Gasteiger partial charge in [0.05, 0.1) is 18.1 Å². The third kappa shape index (κ3) is 4.90. The molecule has 1 aromatic heterocycles. The van der Waals surface area contributed by atoms with Crippen LogP contribution in [0.3, 0.4) is 0 Å². The SMILES string of the molecule is O=C(NCCN1CCOCC1)c1cc(Br)c(S(=O)(=O)Cl)s1. The molecule has 0 spiro atoms. The van der Waals surface area contributed by atoms with E-state index in [4.69, 9.17) is 15.4 Å². The Morgan fingerprint density at radius 3 is 2.71 bits per heavy atom. The largest absolute Gasteiger partial charge is 0.379 e. The molecule has 1 amide bonds. The summed E-state index contributed by atoms with van der Waals surface area (Å²) in [7, 11) is 1.45. The average molecular weight is 418 g/mol. The molecule has 0 atom stereocenters. The predicted octanol–water partition coefficient (Wildman–Crippen LogP) is 1.50. The first-order valence-corrected chi connectivity index (χ1v) is 10.1. The van der Waals surface area contributed by atoms with Gasteiger partial charge in [0.1, 0.15) is 4.21 Å². The number of nitrogens with zero attached hydrogens (tertiary/aromatic N) is 1. The topological polar surface area (TPSA) is 75.7 Å². The van der Waals surface area contributed by atoms with Crippen LogP contribution in [0.5, 0.6) is 0 Å². The molecule has 1 aliphatic heterocycles. The summed E-state index contributed by atoms with van der Waals surface area (Å²) in [5, 5.41) is 2.77. The summed E-state index contributed by atoms with van der Waals surface area (Å²) < 4.78 is 28.1. The van der Waals surface area contributed by atoms with Crippen molar-refractivity contribution < 1.29 is 17.9 Å². The number of hydrogen-bond donors (Lipinski definition) is 1. The van der Waals surface area contributed by atoms with E-state index in [2.05, 4.69) is 26.1 Å². The lowest BCUT2D eigenvalue weighted by atomic mass is 10.4. The van der Waals surface area contributed by atoms with E-state index in [0.29, 0.717) is 29.1 Å². The van der Waals surface area contributed by atoms with Gasteiger partial charge >= 0.3 is 0 Å². The van der Waals surface area contributed by atoms with Gasteiger partial charge in [-0.15, -0.1) is 11.3 Å². The van der Waals surface area contributed by atoms with Crippen LogP contribution >= 0.6 is 37.9 Å². The van der Waals surface area contributed by atoms with Gasteiger partial charge in [0.2, 0.25) is 0 Å². The second-order valence-corrected chi connectivity index (χ2v) is 9.06. The summed E-state index contributed by atoms with van der Waals surface area (Å²) in [5.74, 6) is -0.305. The van der Waals surface area contributed by atoms with Gasteiger partial charge in [-0.2, -0.15) is 0 Å². The van der Waals surface area contributed by atoms with Gasteiger partial charge < -0.3 is 10.1 Å². The van der Waals surface area contributed by atoms with Gasteiger partial charge in [-0.05, 0) is 22.0 Å². The van der Waals surface area contributed by atoms with Crippen LogP contribution in [0.1, 0.15) is 9.67 Å². The van der Waals surface area contributed by atoms with Gasteiger partial charge in [-0.25, -0.2) is 8.42 Å². The third-order valence-electron chi connectivity index (χ3n) is 2.92. The lowest BCUT2D eigenvalue weighted by molar-refractivity contribution is 0.0383. The van der Waals surface area contributed by atoms with Crippen LogP contribution < -0.4 is 5.32 Å². The van der Waals surface area contributed by atoms with Crippen LogP contribution in [-0.2, 0) is 13.8 Å². The lowest BCUT2D eigenvalue weighted by Gasteiger charge is -2.26. The number of amides is 1. The number of thiophene rings is 1. The number of carbonyl (C=O) groups is 1. The molecule has 0 aliphatic carbocycles. The smallest absolute Gasteiger partial charge is 0.271 e. The third-order valence-corrected chi connectivity index (χ3v) is 7.31. The Balaban J connectivity index is 1.88. The maximum absolute atomic E-state index is 12.0. The molecule has 1 fully saturated rings. The van der Waals surface area contributed by atoms with E-state index in [-0.39, 0.29) is 10.1 Å². The highest BCUT2D eigenvalue weighted by molar-refractivity contribution is 9.10. The highest BCUT2D eigenvalue weighted by Crippen LogP contribution is 2.33. The molecule has 1 aromatic rings. The molecule has 2 rings (SSSR count). The molecule has 2 heterocycles. The molecule has 1 N–H and O–H groups in total. The van der Waals surface area contributed by atoms with E-state index in [0.717, 1.165) is 31.0 Å². The fraction of sp³-hybridized carbons (Fsp3) is 0.545. The van der Waals surface area contributed by atoms with Crippen molar-refractivity contribution in [3.8, 4) is 0 Å². The Bertz CT molecular complexity index is 614. The zero-order valence-electron chi connectivity index (χ0n) is 11.0. The first-order chi connectivity index (χ1) is 9.88. The second kappa shape index (κ2) is 7.38. The summed E-state index contributed by atoms with van der Waals surface area (Å²) >= 11 is 3.94. The fourth-order valence-corrected chi connectivity index (χ4v) is 5.60. The van der Waals surface area contributed by atoms with Crippen molar-refractivity contribution >= 4 is 52.9 Å². The van der Waals surface area contributed by atoms with Crippen LogP contribution in [0.4, 0.5) is 0 Å². The molecule has 0 aromatic carbocycles. The lowest BCUT2D eigenvalue weighted by Crippen LogP contribution is -2.41. The Labute approximate surface area is 140 Å². The van der Waals surface area contributed by atoms with Crippen LogP contribution in [0.15, 0.2) is 14.7 Å². The normalized spacial score (nSPS) is 16.9. The van der Waals surface area contributed by atoms with E-state index in [1.54, 1.807) is 0 Å². The van der Waals surface area contributed by atoms with E-state index in [1.807, 2.05) is 0 Å². The minimum absolute atomic E-state index is 0.0532. The number of morpholine rings is 1. The number of rotatable bonds is 5. The maximum atomic E-state index is 12.0. The van der Waals surface area contributed by atoms with Crippen molar-refractivity contribution in [2.45, 2.75) is 4.21 Å². The molecule has 21 heavy (non-hydrogen) atoms. The van der Waals surface area contributed by atoms with Crippen molar-refractivity contribution in [3.63, 3.8) is 0 Å². The first kappa shape index (κ1) is 17.2. The number of carbonyl (C=O) groups excluding carboxylic acids is 1. The minimum Gasteiger partial charge on any atom is -0.379 e. The Hall–Kier alpha value is -0.190. The zero-order valence-corrected chi connectivity index (χ0v) is 14.9. The average Bonchev–Trinajstić information content (AvgIpc) is 2.82. The van der Waals surface area contributed by atoms with Gasteiger partial charge in [-0.1, -0.05) is 0 Å². The second-order valence-electron chi connectivity index (χ2n) is 4.39. The molecule has 0 radical (unpaired) electrons. The van der Waals surface area contributed by atoms with Gasteiger partial charge in [0.25, 0.3) is 15.0 Å². The van der Waals surface area contributed by atoms with E-state index >= 15 is 0 Å². The summed E-state index contributed by atoms with van der Waals surface area (Å²) in [6, 6.07) is 1.46. The summed E-state index contributed by atoms with van der Waals surface area (Å²) in [5.41, 5.74) is 0. The zero-order chi connectivity index (χ0) is 15.5. The highest BCUT2D eigenvalue weighted by Gasteiger charge is 2.21. The predicted molar refractivity (Wildman–Crippen MR) is 84.7 cm³/mol. The molecular weight excluding hydrogens is 404 g/mol. The molecule has 1 saturated heterocycles. The Kier molecular flexibility index (Phi) is 6.04. The molecule has 1 aliphatic rings. The maximum Gasteiger partial charge on any atom is 0.271 e. The van der Waals surface area contributed by atoms with Gasteiger partial charge in [0, 0.05) is 41.3 Å². The monoisotopic (exact) mass is 416 g/mol. The molecule has 10 heteroatoms. The van der Waals surface area contributed by atoms with Crippen molar-refractivity contribution in [1.82, 2.24) is 10.2 Å². The number of halogens is 2. The van der Waals surface area contributed by atoms with E-state index in [9.17, 15) is 13.2 Å². The quantitative estimate of drug-likeness (QED) is 0.735. The van der Waals surface area contributed by atoms with Crippen molar-refractivity contribution in [2.24, 2.45) is 0 Å². The van der Waals surface area contributed by atoms with Crippen LogP contribution in [0, 0.1) is 0 Å². The van der Waals surface area contributed by atoms with E-state index in [1.165, 1.54) is 6.07 Å². The fourth-order valence-electron chi connectivity index (χ4n) is 1.87. The highest BCUT2D eigenvalue weighted by atomic mass is 79.9. The van der Waals surface area contributed by atoms with Gasteiger partial charge in [0.15, 0.2) is 0 Å². The molecule has 0 unspecified atom stereocenters. The molecule has 0 saturated carbocycles. The van der Waals surface area contributed by atoms with Crippen LogP contribution in [0.25, 0.3) is 0 Å². The Morgan fingerprint density at radius 2 is 2.14 bits per heavy atom. The number of nitrogens with one attached hydrogen (secondary N) is 1. The van der Waals surface area contributed by atoms with Crippen molar-refractivity contribution in [1.29, 1.82) is 0 Å². The summed E-state index contributed by atoms with van der Waals surface area (Å²) in [4.78, 5) is 14.5. The van der Waals surface area contributed by atoms with Gasteiger partial charge in [-0.3, -0.25) is 9.69 Å². The first-order valence-electron chi connectivity index (χ1n) is 6.20. The van der Waals surface area contributed by atoms with E-state index < -0.39 is 9.05 Å². The standard InChI is InChI=1S/C11H14BrClN2O4S2/c12-8-7-9(20-11(8)21(13,17)18)10(16)14-1-2-15-3-5-19-6-4-15/h7H,1-6H2,(H,14,16). The van der Waals surface area contributed by atoms with Crippen molar-refractivity contribution in [2.75, 3.05) is 39.4 Å². The van der Waals surface area contributed by atoms with Crippen LogP contribution in [0.2, 0.25) is 0 Å². The number of ether oxygens (including phenoxy) is 1. The Morgan fingerprint density at radius 1 is 1.48 bits per heavy atom. The summed E-state index contributed by atoms with van der Waals surface area (Å²) in [6.45, 7) is 4.37. The minimum atomic E-state index is -3.84. The molecular formula is C11H14BrClN2O4S2. The van der Waals surface area contributed by atoms with Crippen LogP contribution in [-0.4, -0.2) is 58.6 Å².